The molecule has 0 aromatic carbocycles. The number of aliphatic carboxylic acids is 1. The molecule has 0 radical (unpaired) electrons. The van der Waals surface area contributed by atoms with Gasteiger partial charge in [-0.3, -0.25) is 9.59 Å². The lowest BCUT2D eigenvalue weighted by atomic mass is 9.32. The predicted octanol–water partition coefficient (Wildman–Crippen LogP) is 7.00. The van der Waals surface area contributed by atoms with Gasteiger partial charge in [-0.1, -0.05) is 48.5 Å². The molecule has 0 aromatic heterocycles. The molecular weight excluding hydrogens is 436 g/mol. The standard InChI is InChI=1S/C31H50O4/c1-18(2)19-11-14-31(26(33)34)16-15-29(6)20(24(19)31)9-10-23-28(5)17-21(35-8)25(32)27(3,4)22(28)12-13-30(23,29)7/h18-24H,9-17H2,1-8H3,(H,33,34)/t19-,20+,21-,22-,23+,24+,28-,29+,30+,31-/m0/s1/i8D3. The van der Waals surface area contributed by atoms with Crippen LogP contribution >= 0.6 is 0 Å². The lowest BCUT2D eigenvalue weighted by Gasteiger charge is -2.72. The molecule has 5 rings (SSSR count). The molecule has 0 spiro atoms. The van der Waals surface area contributed by atoms with Crippen molar-refractivity contribution < 1.29 is 23.5 Å². The molecule has 4 heteroatoms. The summed E-state index contributed by atoms with van der Waals surface area (Å²) in [5.41, 5.74) is -1.39. The van der Waals surface area contributed by atoms with Crippen molar-refractivity contribution in [3.63, 3.8) is 0 Å². The molecule has 198 valence electrons. The number of carboxylic acids is 1. The van der Waals surface area contributed by atoms with Gasteiger partial charge in [0.1, 0.15) is 6.10 Å². The zero-order valence-corrected chi connectivity index (χ0v) is 23.1. The van der Waals surface area contributed by atoms with Crippen LogP contribution in [-0.4, -0.2) is 30.0 Å². The molecule has 5 aliphatic rings. The third-order valence-corrected chi connectivity index (χ3v) is 13.6. The van der Waals surface area contributed by atoms with Gasteiger partial charge in [0.25, 0.3) is 0 Å². The van der Waals surface area contributed by atoms with E-state index in [0.29, 0.717) is 30.1 Å². The lowest BCUT2D eigenvalue weighted by molar-refractivity contribution is -0.244. The SMILES string of the molecule is [2H]C([2H])([2H])O[C@H]1C[C@]2(C)[C@H]3CC[C@@H]4[C@H]5[C@H](C(C)C)CC[C@]5(C(=O)O)CC[C@@]4(C)[C@]3(C)CC[C@H]2C(C)(C)C1=O. The molecule has 0 unspecified atom stereocenters. The van der Waals surface area contributed by atoms with Crippen molar-refractivity contribution in [2.45, 2.75) is 112 Å². The quantitative estimate of drug-likeness (QED) is 0.463. The maximum Gasteiger partial charge on any atom is 0.309 e. The molecule has 0 bridgehead atoms. The molecule has 35 heavy (non-hydrogen) atoms. The summed E-state index contributed by atoms with van der Waals surface area (Å²) in [7, 11) is -2.60. The molecule has 4 nitrogen and oxygen atoms in total. The van der Waals surface area contributed by atoms with Crippen molar-refractivity contribution in [3.8, 4) is 0 Å². The van der Waals surface area contributed by atoms with Crippen LogP contribution in [-0.2, 0) is 14.3 Å². The molecular formula is C31H50O4. The van der Waals surface area contributed by atoms with Crippen molar-refractivity contribution in [1.29, 1.82) is 0 Å². The Balaban J connectivity index is 1.56. The largest absolute Gasteiger partial charge is 0.481 e. The van der Waals surface area contributed by atoms with Crippen LogP contribution < -0.4 is 0 Å². The van der Waals surface area contributed by atoms with Crippen LogP contribution in [0, 0.1) is 62.6 Å². The molecule has 5 saturated carbocycles. The Labute approximate surface area is 217 Å². The van der Waals surface area contributed by atoms with E-state index in [1.54, 1.807) is 0 Å². The van der Waals surface area contributed by atoms with Gasteiger partial charge < -0.3 is 9.84 Å². The van der Waals surface area contributed by atoms with Gasteiger partial charge >= 0.3 is 5.97 Å². The number of hydrogen-bond donors (Lipinski definition) is 1. The molecule has 0 amide bonds. The maximum atomic E-state index is 13.5. The van der Waals surface area contributed by atoms with Crippen LogP contribution in [0.1, 0.15) is 110 Å². The number of carbonyl (C=O) groups excluding carboxylic acids is 1. The Morgan fingerprint density at radius 1 is 0.971 bits per heavy atom. The van der Waals surface area contributed by atoms with Gasteiger partial charge in [-0.2, -0.15) is 0 Å². The normalized spacial score (nSPS) is 54.5. The summed E-state index contributed by atoms with van der Waals surface area (Å²) in [5, 5.41) is 10.6. The Kier molecular flexibility index (Phi) is 4.93. The lowest BCUT2D eigenvalue weighted by Crippen LogP contribution is -2.68. The zero-order chi connectivity index (χ0) is 28.3. The van der Waals surface area contributed by atoms with Gasteiger partial charge in [0.2, 0.25) is 0 Å². The van der Waals surface area contributed by atoms with Crippen LogP contribution in [0.5, 0.6) is 0 Å². The fourth-order valence-electron chi connectivity index (χ4n) is 11.8. The van der Waals surface area contributed by atoms with Crippen LogP contribution in [0.25, 0.3) is 0 Å². The Hall–Kier alpha value is -0.900. The zero-order valence-electron chi connectivity index (χ0n) is 26.1. The second-order valence-corrected chi connectivity index (χ2v) is 15.0. The second-order valence-electron chi connectivity index (χ2n) is 15.0. The average Bonchev–Trinajstić information content (AvgIpc) is 3.18. The van der Waals surface area contributed by atoms with E-state index in [2.05, 4.69) is 34.6 Å². The van der Waals surface area contributed by atoms with Crippen molar-refractivity contribution in [3.05, 3.63) is 0 Å². The van der Waals surface area contributed by atoms with Crippen LogP contribution in [0.15, 0.2) is 0 Å². The Morgan fingerprint density at radius 2 is 1.69 bits per heavy atom. The van der Waals surface area contributed by atoms with Crippen molar-refractivity contribution in [1.82, 2.24) is 0 Å². The van der Waals surface area contributed by atoms with Crippen LogP contribution in [0.3, 0.4) is 0 Å². The van der Waals surface area contributed by atoms with E-state index in [-0.39, 0.29) is 33.9 Å². The van der Waals surface area contributed by atoms with Gasteiger partial charge in [0.05, 0.1) is 9.53 Å². The maximum absolute atomic E-state index is 13.5. The molecule has 1 N–H and O–H groups in total. The number of hydrogen-bond acceptors (Lipinski definition) is 3. The molecule has 0 heterocycles. The van der Waals surface area contributed by atoms with Crippen molar-refractivity contribution in [2.24, 2.45) is 62.6 Å². The van der Waals surface area contributed by atoms with Gasteiger partial charge in [-0.15, -0.1) is 0 Å². The van der Waals surface area contributed by atoms with Crippen molar-refractivity contribution >= 4 is 11.8 Å². The van der Waals surface area contributed by atoms with E-state index < -0.39 is 29.9 Å². The monoisotopic (exact) mass is 489 g/mol. The Morgan fingerprint density at radius 3 is 2.31 bits per heavy atom. The van der Waals surface area contributed by atoms with Gasteiger partial charge in [0, 0.05) is 12.5 Å². The van der Waals surface area contributed by atoms with Crippen LogP contribution in [0.4, 0.5) is 0 Å². The highest BCUT2D eigenvalue weighted by molar-refractivity contribution is 5.89. The van der Waals surface area contributed by atoms with Gasteiger partial charge in [0.15, 0.2) is 5.78 Å². The number of ketones is 1. The van der Waals surface area contributed by atoms with Crippen molar-refractivity contribution in [2.75, 3.05) is 7.04 Å². The second kappa shape index (κ2) is 7.81. The van der Waals surface area contributed by atoms with E-state index in [1.807, 2.05) is 13.8 Å². The first-order chi connectivity index (χ1) is 17.4. The summed E-state index contributed by atoms with van der Waals surface area (Å²) in [5.74, 6) is 1.43. The highest BCUT2D eigenvalue weighted by Crippen LogP contribution is 2.77. The van der Waals surface area contributed by atoms with E-state index in [4.69, 9.17) is 8.85 Å². The number of ether oxygens (including phenoxy) is 1. The summed E-state index contributed by atoms with van der Waals surface area (Å²) in [4.78, 5) is 26.4. The van der Waals surface area contributed by atoms with E-state index in [9.17, 15) is 14.7 Å². The summed E-state index contributed by atoms with van der Waals surface area (Å²) in [6.45, 7) is 15.9. The molecule has 5 aliphatic carbocycles. The number of carbonyl (C=O) groups is 2. The first kappa shape index (κ1) is 22.1. The molecule has 0 saturated heterocycles. The van der Waals surface area contributed by atoms with Gasteiger partial charge in [-0.25, -0.2) is 0 Å². The fourth-order valence-corrected chi connectivity index (χ4v) is 11.8. The number of fused-ring (bicyclic) bond motifs is 7. The highest BCUT2D eigenvalue weighted by Gasteiger charge is 2.72. The topological polar surface area (TPSA) is 63.6 Å². The average molecular weight is 490 g/mol. The first-order valence-electron chi connectivity index (χ1n) is 15.8. The smallest absolute Gasteiger partial charge is 0.309 e. The van der Waals surface area contributed by atoms with E-state index >= 15 is 0 Å². The predicted molar refractivity (Wildman–Crippen MR) is 138 cm³/mol. The van der Waals surface area contributed by atoms with Gasteiger partial charge in [-0.05, 0) is 110 Å². The summed E-state index contributed by atoms with van der Waals surface area (Å²) in [6.07, 6.45) is 7.15. The number of methoxy groups -OCH3 is 1. The molecule has 10 atom stereocenters. The first-order valence-corrected chi connectivity index (χ1v) is 14.3. The number of carboxylic acid groups (broad SMARTS) is 1. The number of Topliss-reactive ketones (excluding diaryl/α,β-unsaturated/α-hetero) is 1. The van der Waals surface area contributed by atoms with Crippen LogP contribution in [0.2, 0.25) is 0 Å². The number of rotatable bonds is 3. The third-order valence-electron chi connectivity index (χ3n) is 13.6. The third kappa shape index (κ3) is 3.01. The minimum absolute atomic E-state index is 0.0109. The molecule has 0 aliphatic heterocycles. The highest BCUT2D eigenvalue weighted by atomic mass is 16.5. The minimum atomic E-state index is -2.60. The van der Waals surface area contributed by atoms with E-state index in [1.165, 1.54) is 0 Å². The summed E-state index contributed by atoms with van der Waals surface area (Å²) < 4.78 is 28.7. The fraction of sp³-hybridized carbons (Fsp3) is 0.935. The molecule has 5 fully saturated rings. The Bertz CT molecular complexity index is 1010. The minimum Gasteiger partial charge on any atom is -0.481 e. The summed E-state index contributed by atoms with van der Waals surface area (Å²) in [6, 6.07) is 0. The molecule has 0 aromatic rings. The summed E-state index contributed by atoms with van der Waals surface area (Å²) >= 11 is 0. The van der Waals surface area contributed by atoms with E-state index in [0.717, 1.165) is 51.4 Å².